The first kappa shape index (κ1) is 9.86. The SMILES string of the molecule is Cc1ccc(NCC(N)=O)c(Cl)c1. The van der Waals surface area contributed by atoms with Crippen LogP contribution in [0.2, 0.25) is 5.02 Å². The number of hydrogen-bond acceptors (Lipinski definition) is 2. The van der Waals surface area contributed by atoms with E-state index in [1.165, 1.54) is 0 Å². The third-order valence-corrected chi connectivity index (χ3v) is 1.89. The zero-order chi connectivity index (χ0) is 9.84. The standard InChI is InChI=1S/C9H11ClN2O/c1-6-2-3-8(7(10)4-6)12-5-9(11)13/h2-4,12H,5H2,1H3,(H2,11,13). The Morgan fingerprint density at radius 3 is 2.85 bits per heavy atom. The van der Waals surface area contributed by atoms with E-state index < -0.39 is 5.91 Å². The Balaban J connectivity index is 2.72. The number of carbonyl (C=O) groups is 1. The van der Waals surface area contributed by atoms with Crippen molar-refractivity contribution < 1.29 is 4.79 Å². The third-order valence-electron chi connectivity index (χ3n) is 1.58. The van der Waals surface area contributed by atoms with Crippen molar-refractivity contribution in [1.82, 2.24) is 0 Å². The maximum absolute atomic E-state index is 10.5. The number of nitrogens with one attached hydrogen (secondary N) is 1. The molecule has 1 aromatic rings. The maximum atomic E-state index is 10.5. The second-order valence-electron chi connectivity index (χ2n) is 2.80. The van der Waals surface area contributed by atoms with Crippen molar-refractivity contribution in [3.63, 3.8) is 0 Å². The molecule has 1 aromatic carbocycles. The number of rotatable bonds is 3. The second kappa shape index (κ2) is 4.14. The molecule has 0 aliphatic carbocycles. The number of nitrogens with two attached hydrogens (primary N) is 1. The molecule has 0 fully saturated rings. The van der Waals surface area contributed by atoms with Gasteiger partial charge in [-0.05, 0) is 24.6 Å². The van der Waals surface area contributed by atoms with Crippen LogP contribution in [0.25, 0.3) is 0 Å². The molecular formula is C9H11ClN2O. The van der Waals surface area contributed by atoms with E-state index >= 15 is 0 Å². The number of hydrogen-bond donors (Lipinski definition) is 2. The minimum atomic E-state index is -0.406. The highest BCUT2D eigenvalue weighted by atomic mass is 35.5. The summed E-state index contributed by atoms with van der Waals surface area (Å²) in [6.07, 6.45) is 0. The molecule has 0 aliphatic heterocycles. The van der Waals surface area contributed by atoms with Crippen LogP contribution in [0.15, 0.2) is 18.2 Å². The van der Waals surface area contributed by atoms with E-state index in [-0.39, 0.29) is 6.54 Å². The summed E-state index contributed by atoms with van der Waals surface area (Å²) in [6.45, 7) is 2.05. The predicted molar refractivity (Wildman–Crippen MR) is 53.9 cm³/mol. The van der Waals surface area contributed by atoms with Gasteiger partial charge in [0.1, 0.15) is 0 Å². The van der Waals surface area contributed by atoms with Gasteiger partial charge in [-0.25, -0.2) is 0 Å². The molecule has 70 valence electrons. The molecule has 13 heavy (non-hydrogen) atoms. The van der Waals surface area contributed by atoms with Gasteiger partial charge in [0.25, 0.3) is 0 Å². The molecule has 3 N–H and O–H groups in total. The van der Waals surface area contributed by atoms with Crippen LogP contribution < -0.4 is 11.1 Å². The van der Waals surface area contributed by atoms with E-state index in [9.17, 15) is 4.79 Å². The third kappa shape index (κ3) is 2.95. The van der Waals surface area contributed by atoms with E-state index in [2.05, 4.69) is 5.32 Å². The van der Waals surface area contributed by atoms with Gasteiger partial charge in [-0.1, -0.05) is 17.7 Å². The first-order valence-electron chi connectivity index (χ1n) is 3.88. The molecule has 3 nitrogen and oxygen atoms in total. The minimum Gasteiger partial charge on any atom is -0.375 e. The van der Waals surface area contributed by atoms with Crippen LogP contribution in [0.5, 0.6) is 0 Å². The summed E-state index contributed by atoms with van der Waals surface area (Å²) < 4.78 is 0. The van der Waals surface area contributed by atoms with Crippen molar-refractivity contribution in [2.75, 3.05) is 11.9 Å². The van der Waals surface area contributed by atoms with Crippen molar-refractivity contribution in [2.24, 2.45) is 5.73 Å². The Morgan fingerprint density at radius 2 is 2.31 bits per heavy atom. The van der Waals surface area contributed by atoms with Crippen LogP contribution in [0.1, 0.15) is 5.56 Å². The van der Waals surface area contributed by atoms with E-state index in [4.69, 9.17) is 17.3 Å². The lowest BCUT2D eigenvalue weighted by molar-refractivity contribution is -0.116. The molecule has 1 amide bonds. The summed E-state index contributed by atoms with van der Waals surface area (Å²) in [5.74, 6) is -0.406. The number of primary amides is 1. The average molecular weight is 199 g/mol. The molecule has 0 aromatic heterocycles. The van der Waals surface area contributed by atoms with Crippen molar-refractivity contribution >= 4 is 23.2 Å². The molecular weight excluding hydrogens is 188 g/mol. The van der Waals surface area contributed by atoms with Crippen LogP contribution in [0.4, 0.5) is 5.69 Å². The van der Waals surface area contributed by atoms with E-state index in [0.717, 1.165) is 11.3 Å². The van der Waals surface area contributed by atoms with Crippen LogP contribution in [-0.2, 0) is 4.79 Å². The highest BCUT2D eigenvalue weighted by Gasteiger charge is 2.00. The van der Waals surface area contributed by atoms with Gasteiger partial charge in [0, 0.05) is 0 Å². The average Bonchev–Trinajstić information content (AvgIpc) is 2.02. The minimum absolute atomic E-state index is 0.1000. The Morgan fingerprint density at radius 1 is 1.62 bits per heavy atom. The fourth-order valence-corrected chi connectivity index (χ4v) is 1.25. The van der Waals surface area contributed by atoms with Crippen molar-refractivity contribution in [2.45, 2.75) is 6.92 Å². The van der Waals surface area contributed by atoms with Crippen LogP contribution in [0, 0.1) is 6.92 Å². The summed E-state index contributed by atoms with van der Waals surface area (Å²) in [5.41, 5.74) is 6.78. The van der Waals surface area contributed by atoms with Crippen molar-refractivity contribution in [3.8, 4) is 0 Å². The summed E-state index contributed by atoms with van der Waals surface area (Å²) in [7, 11) is 0. The van der Waals surface area contributed by atoms with Gasteiger partial charge in [0.2, 0.25) is 5.91 Å². The lowest BCUT2D eigenvalue weighted by atomic mass is 10.2. The number of benzene rings is 1. The molecule has 0 unspecified atom stereocenters. The van der Waals surface area contributed by atoms with Gasteiger partial charge >= 0.3 is 0 Å². The molecule has 0 saturated heterocycles. The highest BCUT2D eigenvalue weighted by Crippen LogP contribution is 2.22. The number of aryl methyl sites for hydroxylation is 1. The molecule has 0 aliphatic rings. The molecule has 0 saturated carbocycles. The molecule has 0 atom stereocenters. The molecule has 0 bridgehead atoms. The van der Waals surface area contributed by atoms with Gasteiger partial charge in [-0.15, -0.1) is 0 Å². The molecule has 0 heterocycles. The molecule has 1 rings (SSSR count). The lowest BCUT2D eigenvalue weighted by Gasteiger charge is -2.06. The fraction of sp³-hybridized carbons (Fsp3) is 0.222. The van der Waals surface area contributed by atoms with E-state index in [1.807, 2.05) is 25.1 Å². The largest absolute Gasteiger partial charge is 0.375 e. The normalized spacial score (nSPS) is 9.69. The number of halogens is 1. The summed E-state index contributed by atoms with van der Waals surface area (Å²) in [5, 5.41) is 3.43. The number of carbonyl (C=O) groups excluding carboxylic acids is 1. The second-order valence-corrected chi connectivity index (χ2v) is 3.21. The Bertz CT molecular complexity index is 325. The Kier molecular flexibility index (Phi) is 3.14. The van der Waals surface area contributed by atoms with Gasteiger partial charge in [-0.2, -0.15) is 0 Å². The zero-order valence-corrected chi connectivity index (χ0v) is 8.06. The smallest absolute Gasteiger partial charge is 0.236 e. The van der Waals surface area contributed by atoms with Crippen LogP contribution >= 0.6 is 11.6 Å². The topological polar surface area (TPSA) is 55.1 Å². The number of anilines is 1. The zero-order valence-electron chi connectivity index (χ0n) is 7.30. The van der Waals surface area contributed by atoms with E-state index in [0.29, 0.717) is 5.02 Å². The van der Waals surface area contributed by atoms with Crippen molar-refractivity contribution in [3.05, 3.63) is 28.8 Å². The lowest BCUT2D eigenvalue weighted by Crippen LogP contribution is -2.21. The maximum Gasteiger partial charge on any atom is 0.236 e. The summed E-state index contributed by atoms with van der Waals surface area (Å²) in [4.78, 5) is 10.5. The Hall–Kier alpha value is -1.22. The summed E-state index contributed by atoms with van der Waals surface area (Å²) >= 11 is 5.90. The molecule has 4 heteroatoms. The first-order chi connectivity index (χ1) is 6.09. The molecule has 0 radical (unpaired) electrons. The first-order valence-corrected chi connectivity index (χ1v) is 4.25. The quantitative estimate of drug-likeness (QED) is 0.774. The summed E-state index contributed by atoms with van der Waals surface area (Å²) in [6, 6.07) is 5.56. The fourth-order valence-electron chi connectivity index (χ4n) is 0.946. The van der Waals surface area contributed by atoms with Crippen LogP contribution in [-0.4, -0.2) is 12.5 Å². The molecule has 0 spiro atoms. The van der Waals surface area contributed by atoms with Gasteiger partial charge in [0.05, 0.1) is 17.3 Å². The van der Waals surface area contributed by atoms with Crippen LogP contribution in [0.3, 0.4) is 0 Å². The van der Waals surface area contributed by atoms with E-state index in [1.54, 1.807) is 0 Å². The Labute approximate surface area is 81.9 Å². The van der Waals surface area contributed by atoms with Gasteiger partial charge in [-0.3, -0.25) is 4.79 Å². The monoisotopic (exact) mass is 198 g/mol. The number of amides is 1. The highest BCUT2D eigenvalue weighted by molar-refractivity contribution is 6.33. The predicted octanol–water partition coefficient (Wildman–Crippen LogP) is 1.55. The van der Waals surface area contributed by atoms with Gasteiger partial charge in [0.15, 0.2) is 0 Å². The van der Waals surface area contributed by atoms with Crippen molar-refractivity contribution in [1.29, 1.82) is 0 Å². The van der Waals surface area contributed by atoms with Gasteiger partial charge < -0.3 is 11.1 Å².